The number of hydrogen-bond donors (Lipinski definition) is 2. The lowest BCUT2D eigenvalue weighted by Crippen LogP contribution is -2.63. The fraction of sp³-hybridized carbons (Fsp3) is 0.778. The Labute approximate surface area is 168 Å². The molecule has 2 N–H and O–H groups in total. The van der Waals surface area contributed by atoms with Crippen LogP contribution in [-0.2, 0) is 0 Å². The molecule has 144 valence electrons. The number of halogens is 1. The minimum atomic E-state index is -0.788. The van der Waals surface area contributed by atoms with Crippen LogP contribution in [0.3, 0.4) is 0 Å². The van der Waals surface area contributed by atoms with E-state index in [1.165, 1.54) is 14.2 Å². The van der Waals surface area contributed by atoms with Crippen molar-refractivity contribution in [1.82, 2.24) is 20.0 Å². The summed E-state index contributed by atoms with van der Waals surface area (Å²) in [6, 6.07) is 0.406. The number of nitrogens with one attached hydrogen (secondary N) is 1. The van der Waals surface area contributed by atoms with Crippen molar-refractivity contribution in [3.05, 3.63) is 9.26 Å². The number of anilines is 1. The standard InChI is InChI=1S/C18H28IN5O2/c1-4-17(3)9-20-5-6-23(17)15-14(19)12(2)24(21-15)13-7-18(8-13)10-22(11-18)16(25)26/h13,20H,4-11H2,1-3H3,(H,25,26)/t17-/m0/s1. The van der Waals surface area contributed by atoms with E-state index in [4.69, 9.17) is 10.2 Å². The minimum Gasteiger partial charge on any atom is -0.465 e. The number of carbonyl (C=O) groups is 1. The molecule has 1 saturated carbocycles. The smallest absolute Gasteiger partial charge is 0.407 e. The second-order valence-corrected chi connectivity index (χ2v) is 9.63. The molecule has 3 heterocycles. The van der Waals surface area contributed by atoms with Crippen LogP contribution < -0.4 is 10.2 Å². The van der Waals surface area contributed by atoms with Gasteiger partial charge >= 0.3 is 6.09 Å². The average molecular weight is 473 g/mol. The van der Waals surface area contributed by atoms with Gasteiger partial charge in [0.15, 0.2) is 5.82 Å². The molecule has 7 nitrogen and oxygen atoms in total. The number of piperazine rings is 1. The fourth-order valence-electron chi connectivity index (χ4n) is 4.87. The molecule has 1 spiro atoms. The SMILES string of the molecule is CC[C@@]1(C)CNCCN1c1nn(C2CC3(C2)CN(C(=O)O)C3)c(C)c1I. The lowest BCUT2D eigenvalue weighted by Gasteiger charge is -2.58. The molecule has 0 unspecified atom stereocenters. The highest BCUT2D eigenvalue weighted by Gasteiger charge is 2.55. The van der Waals surface area contributed by atoms with E-state index in [9.17, 15) is 4.79 Å². The van der Waals surface area contributed by atoms with E-state index < -0.39 is 6.09 Å². The molecule has 3 aliphatic rings. The highest BCUT2D eigenvalue weighted by Crippen LogP contribution is 2.54. The Balaban J connectivity index is 1.52. The number of hydrogen-bond acceptors (Lipinski definition) is 4. The molecule has 2 saturated heterocycles. The lowest BCUT2D eigenvalue weighted by molar-refractivity contribution is -0.0775. The van der Waals surface area contributed by atoms with Crippen LogP contribution in [-0.4, -0.2) is 64.1 Å². The molecule has 1 aromatic rings. The van der Waals surface area contributed by atoms with Gasteiger partial charge in [-0.2, -0.15) is 5.10 Å². The van der Waals surface area contributed by atoms with E-state index in [-0.39, 0.29) is 11.0 Å². The van der Waals surface area contributed by atoms with E-state index in [1.807, 2.05) is 0 Å². The van der Waals surface area contributed by atoms with Crippen molar-refractivity contribution in [2.24, 2.45) is 5.41 Å². The molecule has 0 aromatic carbocycles. The molecule has 2 aliphatic heterocycles. The van der Waals surface area contributed by atoms with Crippen molar-refractivity contribution in [2.45, 2.75) is 51.6 Å². The van der Waals surface area contributed by atoms with Gasteiger partial charge in [-0.15, -0.1) is 0 Å². The van der Waals surface area contributed by atoms with Gasteiger partial charge in [-0.1, -0.05) is 6.92 Å². The number of aromatic nitrogens is 2. The quantitative estimate of drug-likeness (QED) is 0.661. The average Bonchev–Trinajstić information content (AvgIpc) is 2.81. The number of rotatable bonds is 3. The van der Waals surface area contributed by atoms with E-state index in [2.05, 4.69) is 58.3 Å². The maximum Gasteiger partial charge on any atom is 0.407 e. The third-order valence-corrected chi connectivity index (χ3v) is 8.02. The van der Waals surface area contributed by atoms with Gasteiger partial charge in [0.25, 0.3) is 0 Å². The Morgan fingerprint density at radius 1 is 1.42 bits per heavy atom. The van der Waals surface area contributed by atoms with E-state index in [0.29, 0.717) is 19.1 Å². The number of carboxylic acid groups (broad SMARTS) is 1. The first kappa shape index (κ1) is 18.3. The van der Waals surface area contributed by atoms with Gasteiger partial charge in [0.1, 0.15) is 0 Å². The summed E-state index contributed by atoms with van der Waals surface area (Å²) in [4.78, 5) is 15.0. The second kappa shape index (κ2) is 6.25. The minimum absolute atomic E-state index is 0.0978. The largest absolute Gasteiger partial charge is 0.465 e. The number of likely N-dealkylation sites (tertiary alicyclic amines) is 1. The molecule has 1 aliphatic carbocycles. The van der Waals surface area contributed by atoms with Gasteiger partial charge in [-0.05, 0) is 55.7 Å². The third kappa shape index (κ3) is 2.71. The Morgan fingerprint density at radius 2 is 2.12 bits per heavy atom. The monoisotopic (exact) mass is 473 g/mol. The first-order chi connectivity index (χ1) is 12.3. The summed E-state index contributed by atoms with van der Waals surface area (Å²) < 4.78 is 3.47. The molecule has 8 heteroatoms. The van der Waals surface area contributed by atoms with Crippen LogP contribution in [0.25, 0.3) is 0 Å². The van der Waals surface area contributed by atoms with Crippen LogP contribution in [0.5, 0.6) is 0 Å². The lowest BCUT2D eigenvalue weighted by atomic mass is 9.61. The fourth-order valence-corrected chi connectivity index (χ4v) is 5.52. The predicted octanol–water partition coefficient (Wildman–Crippen LogP) is 2.69. The molecule has 26 heavy (non-hydrogen) atoms. The zero-order valence-electron chi connectivity index (χ0n) is 15.8. The third-order valence-electron chi connectivity index (χ3n) is 6.75. The van der Waals surface area contributed by atoms with Crippen LogP contribution >= 0.6 is 22.6 Å². The molecular formula is C18H28IN5O2. The molecular weight excluding hydrogens is 445 g/mol. The zero-order chi connectivity index (χ0) is 18.7. The van der Waals surface area contributed by atoms with Gasteiger partial charge in [0.2, 0.25) is 0 Å². The van der Waals surface area contributed by atoms with Crippen LogP contribution in [0.2, 0.25) is 0 Å². The van der Waals surface area contributed by atoms with Crippen LogP contribution in [0.1, 0.15) is 44.8 Å². The molecule has 1 atom stereocenters. The summed E-state index contributed by atoms with van der Waals surface area (Å²) in [5, 5.41) is 17.6. The maximum atomic E-state index is 11.0. The van der Waals surface area contributed by atoms with Gasteiger partial charge in [0, 0.05) is 38.1 Å². The normalized spacial score (nSPS) is 28.2. The van der Waals surface area contributed by atoms with Crippen molar-refractivity contribution in [2.75, 3.05) is 37.6 Å². The van der Waals surface area contributed by atoms with Crippen LogP contribution in [0.15, 0.2) is 0 Å². The second-order valence-electron chi connectivity index (χ2n) is 8.55. The van der Waals surface area contributed by atoms with Crippen molar-refractivity contribution in [3.8, 4) is 0 Å². The number of nitrogens with zero attached hydrogens (tertiary/aromatic N) is 4. The Morgan fingerprint density at radius 3 is 2.73 bits per heavy atom. The summed E-state index contributed by atoms with van der Waals surface area (Å²) >= 11 is 2.45. The van der Waals surface area contributed by atoms with Gasteiger partial charge in [0.05, 0.1) is 20.8 Å². The topological polar surface area (TPSA) is 73.6 Å². The molecule has 0 bridgehead atoms. The van der Waals surface area contributed by atoms with Crippen molar-refractivity contribution in [1.29, 1.82) is 0 Å². The van der Waals surface area contributed by atoms with E-state index in [0.717, 1.165) is 44.7 Å². The Bertz CT molecular complexity index is 721. The van der Waals surface area contributed by atoms with Crippen molar-refractivity contribution >= 4 is 34.5 Å². The first-order valence-electron chi connectivity index (χ1n) is 9.49. The summed E-state index contributed by atoms with van der Waals surface area (Å²) in [5.41, 5.74) is 1.55. The Hall–Kier alpha value is -1.03. The highest BCUT2D eigenvalue weighted by atomic mass is 127. The van der Waals surface area contributed by atoms with E-state index in [1.54, 1.807) is 0 Å². The summed E-state index contributed by atoms with van der Waals surface area (Å²) in [5.74, 6) is 1.12. The highest BCUT2D eigenvalue weighted by molar-refractivity contribution is 14.1. The predicted molar refractivity (Wildman–Crippen MR) is 109 cm³/mol. The molecule has 4 rings (SSSR count). The van der Waals surface area contributed by atoms with Crippen molar-refractivity contribution in [3.63, 3.8) is 0 Å². The van der Waals surface area contributed by atoms with Gasteiger partial charge < -0.3 is 20.2 Å². The molecule has 3 fully saturated rings. The Kier molecular flexibility index (Phi) is 4.41. The van der Waals surface area contributed by atoms with Gasteiger partial charge in [-0.25, -0.2) is 4.79 Å². The van der Waals surface area contributed by atoms with Crippen molar-refractivity contribution < 1.29 is 9.90 Å². The summed E-state index contributed by atoms with van der Waals surface area (Å²) in [6.45, 7) is 11.1. The van der Waals surface area contributed by atoms with Crippen LogP contribution in [0, 0.1) is 15.9 Å². The van der Waals surface area contributed by atoms with E-state index >= 15 is 0 Å². The molecule has 1 aromatic heterocycles. The zero-order valence-corrected chi connectivity index (χ0v) is 17.9. The molecule has 1 amide bonds. The summed E-state index contributed by atoms with van der Waals surface area (Å²) in [6.07, 6.45) is 2.38. The first-order valence-corrected chi connectivity index (χ1v) is 10.6. The van der Waals surface area contributed by atoms with Gasteiger partial charge in [-0.3, -0.25) is 4.68 Å². The number of amides is 1. The maximum absolute atomic E-state index is 11.0. The molecule has 0 radical (unpaired) electrons. The summed E-state index contributed by atoms with van der Waals surface area (Å²) in [7, 11) is 0. The van der Waals surface area contributed by atoms with Crippen LogP contribution in [0.4, 0.5) is 10.6 Å².